The van der Waals surface area contributed by atoms with Crippen LogP contribution in [-0.2, 0) is 21.3 Å². The highest BCUT2D eigenvalue weighted by Gasteiger charge is 2.21. The fraction of sp³-hybridized carbons (Fsp3) is 0.280. The molecule has 0 saturated carbocycles. The van der Waals surface area contributed by atoms with Crippen LogP contribution in [0.4, 0.5) is 5.00 Å². The van der Waals surface area contributed by atoms with Gasteiger partial charge in [-0.25, -0.2) is 13.8 Å². The molecule has 0 atom stereocenters. The summed E-state index contributed by atoms with van der Waals surface area (Å²) in [4.78, 5) is 15.9. The lowest BCUT2D eigenvalue weighted by Crippen LogP contribution is -2.35. The van der Waals surface area contributed by atoms with Crippen molar-refractivity contribution in [3.8, 4) is 0 Å². The van der Waals surface area contributed by atoms with E-state index in [2.05, 4.69) is 15.4 Å². The molecule has 8 nitrogen and oxygen atoms in total. The molecule has 10 heteroatoms. The van der Waals surface area contributed by atoms with Gasteiger partial charge in [0.05, 0.1) is 29.3 Å². The summed E-state index contributed by atoms with van der Waals surface area (Å²) in [5.41, 5.74) is 4.76. The number of hydrogen-bond acceptors (Lipinski definition) is 7. The first-order chi connectivity index (χ1) is 16.8. The quantitative estimate of drug-likeness (QED) is 0.369. The van der Waals surface area contributed by atoms with Crippen molar-refractivity contribution in [2.45, 2.75) is 18.4 Å². The van der Waals surface area contributed by atoms with Gasteiger partial charge in [0.15, 0.2) is 0 Å². The Morgan fingerprint density at radius 3 is 2.46 bits per heavy atom. The molecule has 1 saturated heterocycles. The average molecular weight is 513 g/mol. The molecule has 1 aromatic heterocycles. The van der Waals surface area contributed by atoms with E-state index in [1.54, 1.807) is 73.1 Å². The second kappa shape index (κ2) is 11.1. The first kappa shape index (κ1) is 25.1. The number of aryl methyl sites for hydroxylation is 1. The number of thiophene rings is 1. The van der Waals surface area contributed by atoms with Crippen LogP contribution >= 0.6 is 11.3 Å². The monoisotopic (exact) mass is 512 g/mol. The third-order valence-corrected chi connectivity index (χ3v) is 8.54. The Balaban J connectivity index is 1.31. The van der Waals surface area contributed by atoms with Crippen molar-refractivity contribution in [2.24, 2.45) is 5.10 Å². The number of sulfonamides is 1. The molecule has 1 amide bonds. The van der Waals surface area contributed by atoms with Crippen LogP contribution in [0, 0.1) is 6.92 Å². The maximum absolute atomic E-state index is 12.8. The van der Waals surface area contributed by atoms with E-state index in [4.69, 9.17) is 4.74 Å². The minimum atomic E-state index is -3.60. The number of benzene rings is 2. The van der Waals surface area contributed by atoms with Crippen molar-refractivity contribution in [1.29, 1.82) is 0 Å². The summed E-state index contributed by atoms with van der Waals surface area (Å²) in [6.07, 6.45) is 1.63. The van der Waals surface area contributed by atoms with Crippen molar-refractivity contribution in [1.82, 2.24) is 9.73 Å². The highest BCUT2D eigenvalue weighted by atomic mass is 32.2. The van der Waals surface area contributed by atoms with Crippen LogP contribution in [0.1, 0.15) is 26.4 Å². The smallest absolute Gasteiger partial charge is 0.271 e. The van der Waals surface area contributed by atoms with E-state index in [1.807, 2.05) is 19.1 Å². The zero-order valence-corrected chi connectivity index (χ0v) is 21.3. The van der Waals surface area contributed by atoms with Crippen molar-refractivity contribution in [2.75, 3.05) is 38.3 Å². The van der Waals surface area contributed by atoms with Crippen LogP contribution in [0.25, 0.3) is 0 Å². The summed E-state index contributed by atoms with van der Waals surface area (Å²) in [6.45, 7) is 5.31. The Morgan fingerprint density at radius 2 is 1.77 bits per heavy atom. The Hall–Kier alpha value is -3.05. The van der Waals surface area contributed by atoms with Crippen molar-refractivity contribution in [3.05, 3.63) is 82.2 Å². The first-order valence-electron chi connectivity index (χ1n) is 11.2. The number of carbonyl (C=O) groups is 1. The lowest BCUT2D eigenvalue weighted by Gasteiger charge is -2.27. The maximum atomic E-state index is 12.8. The van der Waals surface area contributed by atoms with Gasteiger partial charge < -0.3 is 9.64 Å². The molecule has 35 heavy (non-hydrogen) atoms. The Kier molecular flexibility index (Phi) is 7.97. The van der Waals surface area contributed by atoms with Crippen LogP contribution in [0.2, 0.25) is 0 Å². The average Bonchev–Trinajstić information content (AvgIpc) is 3.34. The summed E-state index contributed by atoms with van der Waals surface area (Å²) in [5, 5.41) is 5.23. The second-order valence-corrected chi connectivity index (χ2v) is 11.4. The summed E-state index contributed by atoms with van der Waals surface area (Å²) >= 11 is 1.61. The number of hydrazone groups is 1. The van der Waals surface area contributed by atoms with Crippen LogP contribution in [0.3, 0.4) is 0 Å². The van der Waals surface area contributed by atoms with Gasteiger partial charge in [0.1, 0.15) is 0 Å². The largest absolute Gasteiger partial charge is 0.378 e. The molecule has 1 aliphatic rings. The minimum Gasteiger partial charge on any atom is -0.378 e. The number of carbonyl (C=O) groups excluding carboxylic acids is 1. The molecule has 3 aromatic rings. The van der Waals surface area contributed by atoms with Crippen LogP contribution in [0.5, 0.6) is 0 Å². The molecule has 1 aliphatic heterocycles. The lowest BCUT2D eigenvalue weighted by atomic mass is 10.1. The number of amides is 1. The van der Waals surface area contributed by atoms with Gasteiger partial charge in [-0.15, -0.1) is 11.3 Å². The standard InChI is InChI=1S/C25H28N4O4S2/c1-19-3-10-23(11-4-19)35(31,32)28(2)18-20-5-7-21(8-6-20)25(30)27-26-17-22-9-12-24(34-22)29-13-15-33-16-14-29/h3-12,17H,13-16,18H2,1-2H3,(H,27,30)/b26-17+. The number of nitrogens with zero attached hydrogens (tertiary/aromatic N) is 3. The number of nitrogens with one attached hydrogen (secondary N) is 1. The first-order valence-corrected chi connectivity index (χ1v) is 13.5. The van der Waals surface area contributed by atoms with E-state index < -0.39 is 10.0 Å². The summed E-state index contributed by atoms with van der Waals surface area (Å²) < 4.78 is 32.3. The van der Waals surface area contributed by atoms with Gasteiger partial charge in [-0.05, 0) is 48.9 Å². The van der Waals surface area contributed by atoms with Crippen molar-refractivity contribution < 1.29 is 17.9 Å². The SMILES string of the molecule is Cc1ccc(S(=O)(=O)N(C)Cc2ccc(C(=O)N/N=C/c3ccc(N4CCOCC4)s3)cc2)cc1. The van der Waals surface area contributed by atoms with E-state index in [9.17, 15) is 13.2 Å². The Bertz CT molecular complexity index is 1280. The van der Waals surface area contributed by atoms with Crippen LogP contribution in [0.15, 0.2) is 70.7 Å². The molecule has 0 radical (unpaired) electrons. The zero-order valence-electron chi connectivity index (χ0n) is 19.7. The highest BCUT2D eigenvalue weighted by Crippen LogP contribution is 2.25. The number of anilines is 1. The Labute approximate surface area is 209 Å². The molecular formula is C25H28N4O4S2. The molecule has 2 heterocycles. The molecule has 0 aliphatic carbocycles. The molecule has 2 aromatic carbocycles. The maximum Gasteiger partial charge on any atom is 0.271 e. The van der Waals surface area contributed by atoms with E-state index in [0.29, 0.717) is 5.56 Å². The summed E-state index contributed by atoms with van der Waals surface area (Å²) in [6, 6.07) is 17.6. The number of ether oxygens (including phenoxy) is 1. The summed E-state index contributed by atoms with van der Waals surface area (Å²) in [5.74, 6) is -0.335. The van der Waals surface area contributed by atoms with Gasteiger partial charge in [0.2, 0.25) is 10.0 Å². The molecule has 0 spiro atoms. The predicted octanol–water partition coefficient (Wildman–Crippen LogP) is 3.48. The van der Waals surface area contributed by atoms with Crippen molar-refractivity contribution in [3.63, 3.8) is 0 Å². The van der Waals surface area contributed by atoms with Gasteiger partial charge in [-0.2, -0.15) is 9.41 Å². The van der Waals surface area contributed by atoms with E-state index >= 15 is 0 Å². The van der Waals surface area contributed by atoms with E-state index in [-0.39, 0.29) is 17.3 Å². The molecular weight excluding hydrogens is 484 g/mol. The summed E-state index contributed by atoms with van der Waals surface area (Å²) in [7, 11) is -2.06. The number of morpholine rings is 1. The molecule has 1 fully saturated rings. The minimum absolute atomic E-state index is 0.195. The normalized spacial score (nSPS) is 14.5. The zero-order chi connectivity index (χ0) is 24.8. The van der Waals surface area contributed by atoms with Gasteiger partial charge >= 0.3 is 0 Å². The van der Waals surface area contributed by atoms with Gasteiger partial charge in [-0.1, -0.05) is 29.8 Å². The van der Waals surface area contributed by atoms with Crippen LogP contribution in [-0.4, -0.2) is 58.2 Å². The van der Waals surface area contributed by atoms with Gasteiger partial charge in [0, 0.05) is 37.1 Å². The van der Waals surface area contributed by atoms with Gasteiger partial charge in [0.25, 0.3) is 5.91 Å². The third-order valence-electron chi connectivity index (χ3n) is 5.64. The van der Waals surface area contributed by atoms with Gasteiger partial charge in [-0.3, -0.25) is 4.79 Å². The second-order valence-electron chi connectivity index (χ2n) is 8.25. The van der Waals surface area contributed by atoms with E-state index in [1.165, 1.54) is 4.31 Å². The molecule has 4 rings (SSSR count). The van der Waals surface area contributed by atoms with Crippen molar-refractivity contribution >= 4 is 38.5 Å². The lowest BCUT2D eigenvalue weighted by molar-refractivity contribution is 0.0955. The fourth-order valence-electron chi connectivity index (χ4n) is 3.58. The molecule has 0 bridgehead atoms. The fourth-order valence-corrected chi connectivity index (χ4v) is 5.67. The molecule has 1 N–H and O–H groups in total. The Morgan fingerprint density at radius 1 is 1.09 bits per heavy atom. The number of hydrogen-bond donors (Lipinski definition) is 1. The molecule has 0 unspecified atom stereocenters. The predicted molar refractivity (Wildman–Crippen MR) is 139 cm³/mol. The van der Waals surface area contributed by atoms with E-state index in [0.717, 1.165) is 47.3 Å². The molecule has 184 valence electrons. The van der Waals surface area contributed by atoms with Crippen LogP contribution < -0.4 is 10.3 Å². The third kappa shape index (κ3) is 6.34. The topological polar surface area (TPSA) is 91.3 Å². The number of rotatable bonds is 8. The highest BCUT2D eigenvalue weighted by molar-refractivity contribution is 7.89.